The molecule has 0 atom stereocenters. The number of methoxy groups -OCH3 is 1. The van der Waals surface area contributed by atoms with Gasteiger partial charge in [-0.05, 0) is 42.3 Å². The van der Waals surface area contributed by atoms with Crippen LogP contribution in [0.3, 0.4) is 0 Å². The van der Waals surface area contributed by atoms with Gasteiger partial charge in [0, 0.05) is 29.2 Å². The third kappa shape index (κ3) is 4.32. The zero-order valence-electron chi connectivity index (χ0n) is 17.1. The molecule has 31 heavy (non-hydrogen) atoms. The molecule has 2 N–H and O–H groups in total. The summed E-state index contributed by atoms with van der Waals surface area (Å²) in [5, 5.41) is 18.5. The highest BCUT2D eigenvalue weighted by Crippen LogP contribution is 2.26. The maximum Gasteiger partial charge on any atom is 0.257 e. The largest absolute Gasteiger partial charge is 0.497 e. The third-order valence-corrected chi connectivity index (χ3v) is 5.33. The highest BCUT2D eigenvalue weighted by atomic mass is 35.5. The number of amides is 1. The average molecular weight is 437 g/mol. The zero-order chi connectivity index (χ0) is 22.0. The van der Waals surface area contributed by atoms with E-state index in [-0.39, 0.29) is 11.8 Å². The molecule has 8 heteroatoms. The van der Waals surface area contributed by atoms with Crippen molar-refractivity contribution in [1.82, 2.24) is 19.9 Å². The maximum absolute atomic E-state index is 12.7. The number of halogens is 1. The van der Waals surface area contributed by atoms with Crippen LogP contribution in [-0.2, 0) is 13.0 Å². The normalized spacial score (nSPS) is 10.9. The number of hydrogen-bond acceptors (Lipinski definition) is 5. The summed E-state index contributed by atoms with van der Waals surface area (Å²) in [7, 11) is 1.60. The first-order chi connectivity index (χ1) is 15.0. The monoisotopic (exact) mass is 436 g/mol. The summed E-state index contributed by atoms with van der Waals surface area (Å²) < 4.78 is 6.43. The Morgan fingerprint density at radius 1 is 1.13 bits per heavy atom. The molecule has 0 bridgehead atoms. The first kappa shape index (κ1) is 20.7. The summed E-state index contributed by atoms with van der Waals surface area (Å²) in [4.78, 5) is 17.3. The molecule has 0 aliphatic carbocycles. The summed E-state index contributed by atoms with van der Waals surface area (Å²) >= 11 is 5.95. The van der Waals surface area contributed by atoms with Crippen LogP contribution in [0.1, 0.15) is 32.7 Å². The standard InChI is InChI=1S/C23H21ClN4O3/c1-14-19(11-15-3-7-17(24)8-4-15)23(30)28-21(27-14)20(13-26-28)22(29)25-12-16-5-9-18(31-2)10-6-16/h3-10,13,30H,11-12H2,1-2H3,(H,25,29). The van der Waals surface area contributed by atoms with Crippen molar-refractivity contribution in [3.05, 3.63) is 87.7 Å². The Bertz CT molecular complexity index is 1230. The topological polar surface area (TPSA) is 88.8 Å². The summed E-state index contributed by atoms with van der Waals surface area (Å²) in [6.45, 7) is 2.15. The lowest BCUT2D eigenvalue weighted by atomic mass is 10.0. The van der Waals surface area contributed by atoms with Crippen molar-refractivity contribution in [3.63, 3.8) is 0 Å². The van der Waals surface area contributed by atoms with E-state index >= 15 is 0 Å². The van der Waals surface area contributed by atoms with Crippen molar-refractivity contribution in [2.24, 2.45) is 0 Å². The summed E-state index contributed by atoms with van der Waals surface area (Å²) in [6, 6.07) is 14.8. The molecule has 0 saturated carbocycles. The summed E-state index contributed by atoms with van der Waals surface area (Å²) in [5.41, 5.74) is 3.79. The number of benzene rings is 2. The fourth-order valence-corrected chi connectivity index (χ4v) is 3.44. The molecule has 0 radical (unpaired) electrons. The predicted octanol–water partition coefficient (Wildman–Crippen LogP) is 3.93. The molecular formula is C23H21ClN4O3. The van der Waals surface area contributed by atoms with Crippen molar-refractivity contribution < 1.29 is 14.6 Å². The fraction of sp³-hybridized carbons (Fsp3) is 0.174. The van der Waals surface area contributed by atoms with Crippen LogP contribution in [0.25, 0.3) is 5.65 Å². The average Bonchev–Trinajstić information content (AvgIpc) is 3.20. The van der Waals surface area contributed by atoms with Crippen molar-refractivity contribution in [3.8, 4) is 11.6 Å². The number of rotatable bonds is 6. The molecule has 158 valence electrons. The van der Waals surface area contributed by atoms with Gasteiger partial charge in [0.15, 0.2) is 5.65 Å². The van der Waals surface area contributed by atoms with Gasteiger partial charge in [-0.25, -0.2) is 4.98 Å². The molecule has 2 heterocycles. The quantitative estimate of drug-likeness (QED) is 0.478. The Kier molecular flexibility index (Phi) is 5.77. The molecule has 0 aliphatic heterocycles. The van der Waals surface area contributed by atoms with E-state index in [4.69, 9.17) is 16.3 Å². The van der Waals surface area contributed by atoms with Crippen LogP contribution >= 0.6 is 11.6 Å². The van der Waals surface area contributed by atoms with Gasteiger partial charge in [-0.3, -0.25) is 4.79 Å². The molecule has 2 aromatic carbocycles. The Balaban J connectivity index is 1.56. The highest BCUT2D eigenvalue weighted by molar-refractivity contribution is 6.30. The Morgan fingerprint density at radius 2 is 1.81 bits per heavy atom. The van der Waals surface area contributed by atoms with E-state index < -0.39 is 0 Å². The van der Waals surface area contributed by atoms with E-state index in [1.54, 1.807) is 26.2 Å². The van der Waals surface area contributed by atoms with Gasteiger partial charge < -0.3 is 15.2 Å². The number of nitrogens with zero attached hydrogens (tertiary/aromatic N) is 3. The molecule has 1 amide bonds. The van der Waals surface area contributed by atoms with Crippen LogP contribution in [-0.4, -0.2) is 32.7 Å². The molecule has 4 rings (SSSR count). The Labute approximate surface area is 184 Å². The molecule has 0 aliphatic rings. The van der Waals surface area contributed by atoms with Crippen LogP contribution in [0.15, 0.2) is 54.7 Å². The van der Waals surface area contributed by atoms with E-state index in [9.17, 15) is 9.90 Å². The Morgan fingerprint density at radius 3 is 2.48 bits per heavy atom. The van der Waals surface area contributed by atoms with E-state index in [0.29, 0.717) is 40.5 Å². The second-order valence-corrected chi connectivity index (χ2v) is 7.56. The van der Waals surface area contributed by atoms with E-state index in [1.807, 2.05) is 36.4 Å². The third-order valence-electron chi connectivity index (χ3n) is 5.08. The number of nitrogens with one attached hydrogen (secondary N) is 1. The van der Waals surface area contributed by atoms with Gasteiger partial charge in [-0.2, -0.15) is 9.61 Å². The van der Waals surface area contributed by atoms with Crippen LogP contribution < -0.4 is 10.1 Å². The first-order valence-corrected chi connectivity index (χ1v) is 10.1. The number of aromatic hydroxyl groups is 1. The number of carbonyl (C=O) groups excluding carboxylic acids is 1. The fourth-order valence-electron chi connectivity index (χ4n) is 3.32. The number of fused-ring (bicyclic) bond motifs is 1. The summed E-state index contributed by atoms with van der Waals surface area (Å²) in [5.74, 6) is 0.400. The molecular weight excluding hydrogens is 416 g/mol. The van der Waals surface area contributed by atoms with E-state index in [1.165, 1.54) is 10.7 Å². The van der Waals surface area contributed by atoms with Crippen molar-refractivity contribution in [2.75, 3.05) is 7.11 Å². The lowest BCUT2D eigenvalue weighted by Gasteiger charge is -2.10. The van der Waals surface area contributed by atoms with Gasteiger partial charge in [0.2, 0.25) is 5.88 Å². The smallest absolute Gasteiger partial charge is 0.257 e. The number of ether oxygens (including phenoxy) is 1. The molecule has 0 saturated heterocycles. The second-order valence-electron chi connectivity index (χ2n) is 7.13. The van der Waals surface area contributed by atoms with E-state index in [2.05, 4.69) is 15.4 Å². The minimum absolute atomic E-state index is 0.0355. The number of carbonyl (C=O) groups is 1. The van der Waals surface area contributed by atoms with Gasteiger partial charge in [-0.1, -0.05) is 35.9 Å². The van der Waals surface area contributed by atoms with Crippen LogP contribution in [0.5, 0.6) is 11.6 Å². The second kappa shape index (κ2) is 8.65. The minimum atomic E-state index is -0.317. The van der Waals surface area contributed by atoms with Gasteiger partial charge in [-0.15, -0.1) is 0 Å². The molecule has 2 aromatic heterocycles. The highest BCUT2D eigenvalue weighted by Gasteiger charge is 2.20. The van der Waals surface area contributed by atoms with E-state index in [0.717, 1.165) is 16.9 Å². The molecule has 0 spiro atoms. The maximum atomic E-state index is 12.7. The number of hydrogen-bond donors (Lipinski definition) is 2. The SMILES string of the molecule is COc1ccc(CNC(=O)c2cnn3c(O)c(Cc4ccc(Cl)cc4)c(C)nc23)cc1. The summed E-state index contributed by atoms with van der Waals surface area (Å²) in [6.07, 6.45) is 1.88. The minimum Gasteiger partial charge on any atom is -0.497 e. The first-order valence-electron chi connectivity index (χ1n) is 9.68. The van der Waals surface area contributed by atoms with Crippen LogP contribution in [0.2, 0.25) is 5.02 Å². The van der Waals surface area contributed by atoms with Crippen LogP contribution in [0.4, 0.5) is 0 Å². The van der Waals surface area contributed by atoms with Crippen molar-refractivity contribution in [1.29, 1.82) is 0 Å². The number of aryl methyl sites for hydroxylation is 1. The lowest BCUT2D eigenvalue weighted by Crippen LogP contribution is -2.22. The van der Waals surface area contributed by atoms with Gasteiger partial charge in [0.1, 0.15) is 11.3 Å². The van der Waals surface area contributed by atoms with Crippen molar-refractivity contribution in [2.45, 2.75) is 19.9 Å². The van der Waals surface area contributed by atoms with Gasteiger partial charge >= 0.3 is 0 Å². The molecule has 0 unspecified atom stereocenters. The van der Waals surface area contributed by atoms with Crippen molar-refractivity contribution >= 4 is 23.2 Å². The Hall–Kier alpha value is -3.58. The van der Waals surface area contributed by atoms with Crippen LogP contribution in [0, 0.1) is 6.92 Å². The molecule has 7 nitrogen and oxygen atoms in total. The molecule has 4 aromatic rings. The number of aromatic nitrogens is 3. The van der Waals surface area contributed by atoms with Gasteiger partial charge in [0.25, 0.3) is 5.91 Å². The lowest BCUT2D eigenvalue weighted by molar-refractivity contribution is 0.0952. The predicted molar refractivity (Wildman–Crippen MR) is 118 cm³/mol. The molecule has 0 fully saturated rings. The zero-order valence-corrected chi connectivity index (χ0v) is 17.8. The van der Waals surface area contributed by atoms with Gasteiger partial charge in [0.05, 0.1) is 13.3 Å².